The summed E-state index contributed by atoms with van der Waals surface area (Å²) in [5.41, 5.74) is 0. The molecule has 0 N–H and O–H groups in total. The Morgan fingerprint density at radius 3 is 2.95 bits per heavy atom. The predicted octanol–water partition coefficient (Wildman–Crippen LogP) is 3.47. The zero-order valence-corrected chi connectivity index (χ0v) is 13.1. The van der Waals surface area contributed by atoms with E-state index < -0.39 is 0 Å². The number of rotatable bonds is 4. The van der Waals surface area contributed by atoms with Gasteiger partial charge in [0.15, 0.2) is 0 Å². The van der Waals surface area contributed by atoms with Crippen LogP contribution in [0.5, 0.6) is 0 Å². The fourth-order valence-electron chi connectivity index (χ4n) is 2.26. The van der Waals surface area contributed by atoms with Gasteiger partial charge in [0.2, 0.25) is 0 Å². The summed E-state index contributed by atoms with van der Waals surface area (Å²) in [6, 6.07) is 4.75. The van der Waals surface area contributed by atoms with Gasteiger partial charge in [-0.2, -0.15) is 0 Å². The van der Waals surface area contributed by atoms with Crippen LogP contribution in [0.3, 0.4) is 0 Å². The average molecular weight is 349 g/mol. The first-order valence-corrected chi connectivity index (χ1v) is 7.35. The Hall–Kier alpha value is -1.95. The minimum atomic E-state index is -0.249. The van der Waals surface area contributed by atoms with E-state index in [1.54, 1.807) is 24.8 Å². The number of aromatic nitrogens is 3. The minimum absolute atomic E-state index is 0.249. The molecule has 0 amide bonds. The van der Waals surface area contributed by atoms with E-state index in [4.69, 9.17) is 0 Å². The van der Waals surface area contributed by atoms with E-state index in [0.29, 0.717) is 0 Å². The number of imidazole rings is 1. The van der Waals surface area contributed by atoms with Gasteiger partial charge in [0, 0.05) is 54.0 Å². The van der Waals surface area contributed by atoms with Gasteiger partial charge in [0.1, 0.15) is 11.6 Å². The molecule has 1 aromatic carbocycles. The van der Waals surface area contributed by atoms with Crippen LogP contribution in [0.25, 0.3) is 10.8 Å². The van der Waals surface area contributed by atoms with Gasteiger partial charge in [-0.3, -0.25) is 0 Å². The van der Waals surface area contributed by atoms with E-state index in [-0.39, 0.29) is 5.82 Å². The van der Waals surface area contributed by atoms with E-state index in [9.17, 15) is 4.39 Å². The highest BCUT2D eigenvalue weighted by Gasteiger charge is 2.11. The Kier molecular flexibility index (Phi) is 3.88. The van der Waals surface area contributed by atoms with E-state index in [0.717, 1.165) is 34.2 Å². The summed E-state index contributed by atoms with van der Waals surface area (Å²) in [5, 5.41) is 1.76. The lowest BCUT2D eigenvalue weighted by molar-refractivity contribution is 0.629. The maximum absolute atomic E-state index is 13.4. The third-order valence-electron chi connectivity index (χ3n) is 3.39. The SMILES string of the molecule is CN(CCn1ccnc1)c1ncc(Br)c2cc(F)ccc12. The average Bonchev–Trinajstić information content (AvgIpc) is 2.99. The van der Waals surface area contributed by atoms with E-state index in [2.05, 4.69) is 30.8 Å². The Morgan fingerprint density at radius 2 is 2.19 bits per heavy atom. The lowest BCUT2D eigenvalue weighted by atomic mass is 10.1. The molecule has 108 valence electrons. The van der Waals surface area contributed by atoms with Crippen LogP contribution >= 0.6 is 15.9 Å². The number of benzene rings is 1. The van der Waals surface area contributed by atoms with Crippen LogP contribution < -0.4 is 4.90 Å². The zero-order valence-electron chi connectivity index (χ0n) is 11.5. The second-order valence-corrected chi connectivity index (χ2v) is 5.70. The molecule has 0 aliphatic carbocycles. The Labute approximate surface area is 130 Å². The molecule has 3 rings (SSSR count). The summed E-state index contributed by atoms with van der Waals surface area (Å²) < 4.78 is 16.2. The molecule has 2 aromatic heterocycles. The molecule has 2 heterocycles. The molecule has 21 heavy (non-hydrogen) atoms. The highest BCUT2D eigenvalue weighted by molar-refractivity contribution is 9.10. The first-order valence-electron chi connectivity index (χ1n) is 6.56. The molecule has 4 nitrogen and oxygen atoms in total. The predicted molar refractivity (Wildman–Crippen MR) is 84.9 cm³/mol. The molecule has 0 atom stereocenters. The molecular weight excluding hydrogens is 335 g/mol. The zero-order chi connectivity index (χ0) is 14.8. The second-order valence-electron chi connectivity index (χ2n) is 4.84. The van der Waals surface area contributed by atoms with Gasteiger partial charge in [0.05, 0.1) is 6.33 Å². The number of pyridine rings is 1. The van der Waals surface area contributed by atoms with Crippen molar-refractivity contribution in [3.8, 4) is 0 Å². The molecule has 0 spiro atoms. The topological polar surface area (TPSA) is 34.0 Å². The first kappa shape index (κ1) is 14.0. The van der Waals surface area contributed by atoms with Crippen molar-refractivity contribution in [3.05, 3.63) is 53.4 Å². The lowest BCUT2D eigenvalue weighted by Crippen LogP contribution is -2.23. The molecule has 0 bridgehead atoms. The molecule has 6 heteroatoms. The van der Waals surface area contributed by atoms with Gasteiger partial charge in [0.25, 0.3) is 0 Å². The van der Waals surface area contributed by atoms with Gasteiger partial charge in [-0.05, 0) is 34.1 Å². The molecule has 0 radical (unpaired) electrons. The van der Waals surface area contributed by atoms with Gasteiger partial charge in [-0.25, -0.2) is 14.4 Å². The van der Waals surface area contributed by atoms with Crippen LogP contribution in [0, 0.1) is 5.82 Å². The molecule has 0 unspecified atom stereocenters. The summed E-state index contributed by atoms with van der Waals surface area (Å²) in [6.45, 7) is 1.61. The van der Waals surface area contributed by atoms with Gasteiger partial charge in [-0.15, -0.1) is 0 Å². The third-order valence-corrected chi connectivity index (χ3v) is 4.03. The van der Waals surface area contributed by atoms with Crippen LogP contribution in [0.4, 0.5) is 10.2 Å². The monoisotopic (exact) mass is 348 g/mol. The molecule has 0 fully saturated rings. The fourth-order valence-corrected chi connectivity index (χ4v) is 2.69. The number of halogens is 2. The highest BCUT2D eigenvalue weighted by atomic mass is 79.9. The van der Waals surface area contributed by atoms with Crippen LogP contribution in [-0.2, 0) is 6.54 Å². The Balaban J connectivity index is 1.90. The van der Waals surface area contributed by atoms with Crippen LogP contribution in [0.15, 0.2) is 47.6 Å². The molecule has 0 saturated carbocycles. The lowest BCUT2D eigenvalue weighted by Gasteiger charge is -2.20. The number of likely N-dealkylation sites (N-methyl/N-ethyl adjacent to an activating group) is 1. The summed E-state index contributed by atoms with van der Waals surface area (Å²) in [7, 11) is 1.98. The van der Waals surface area contributed by atoms with Crippen molar-refractivity contribution < 1.29 is 4.39 Å². The number of hydrogen-bond donors (Lipinski definition) is 0. The summed E-state index contributed by atoms with van der Waals surface area (Å²) >= 11 is 3.42. The molecule has 0 aliphatic heterocycles. The van der Waals surface area contributed by atoms with Crippen molar-refractivity contribution >= 4 is 32.5 Å². The highest BCUT2D eigenvalue weighted by Crippen LogP contribution is 2.30. The van der Waals surface area contributed by atoms with E-state index in [1.165, 1.54) is 12.1 Å². The molecule has 3 aromatic rings. The van der Waals surface area contributed by atoms with E-state index in [1.807, 2.05) is 17.8 Å². The van der Waals surface area contributed by atoms with Crippen molar-refractivity contribution in [1.29, 1.82) is 0 Å². The van der Waals surface area contributed by atoms with Gasteiger partial charge in [-0.1, -0.05) is 0 Å². The Bertz CT molecular complexity index is 758. The number of fused-ring (bicyclic) bond motifs is 1. The van der Waals surface area contributed by atoms with Crippen molar-refractivity contribution in [2.75, 3.05) is 18.5 Å². The summed E-state index contributed by atoms with van der Waals surface area (Å²) in [5.74, 6) is 0.592. The molecular formula is C15H14BrFN4. The van der Waals surface area contributed by atoms with Gasteiger partial charge >= 0.3 is 0 Å². The Morgan fingerprint density at radius 1 is 1.33 bits per heavy atom. The first-order chi connectivity index (χ1) is 10.1. The van der Waals surface area contributed by atoms with Crippen molar-refractivity contribution in [2.24, 2.45) is 0 Å². The van der Waals surface area contributed by atoms with Crippen molar-refractivity contribution in [3.63, 3.8) is 0 Å². The number of hydrogen-bond acceptors (Lipinski definition) is 3. The number of nitrogens with zero attached hydrogens (tertiary/aromatic N) is 4. The number of anilines is 1. The van der Waals surface area contributed by atoms with Crippen LogP contribution in [0.1, 0.15) is 0 Å². The quantitative estimate of drug-likeness (QED) is 0.723. The second kappa shape index (κ2) is 5.81. The summed E-state index contributed by atoms with van der Waals surface area (Å²) in [6.07, 6.45) is 7.19. The van der Waals surface area contributed by atoms with E-state index >= 15 is 0 Å². The molecule has 0 saturated heterocycles. The van der Waals surface area contributed by atoms with Crippen LogP contribution in [-0.4, -0.2) is 28.1 Å². The van der Waals surface area contributed by atoms with Crippen molar-refractivity contribution in [1.82, 2.24) is 14.5 Å². The summed E-state index contributed by atoms with van der Waals surface area (Å²) in [4.78, 5) is 10.6. The normalized spacial score (nSPS) is 11.0. The van der Waals surface area contributed by atoms with Gasteiger partial charge < -0.3 is 9.47 Å². The largest absolute Gasteiger partial charge is 0.357 e. The maximum atomic E-state index is 13.4. The maximum Gasteiger partial charge on any atom is 0.136 e. The minimum Gasteiger partial charge on any atom is -0.357 e. The fraction of sp³-hybridized carbons (Fsp3) is 0.200. The standard InChI is InChI=1S/C15H14BrFN4/c1-20(6-7-21-5-4-18-10-21)15-12-3-2-11(17)8-13(12)14(16)9-19-15/h2-5,8-10H,6-7H2,1H3. The smallest absolute Gasteiger partial charge is 0.136 e. The van der Waals surface area contributed by atoms with Crippen LogP contribution in [0.2, 0.25) is 0 Å². The third kappa shape index (κ3) is 2.90. The van der Waals surface area contributed by atoms with Crippen molar-refractivity contribution in [2.45, 2.75) is 6.54 Å². The molecule has 0 aliphatic rings.